The van der Waals surface area contributed by atoms with Crippen LogP contribution in [0.3, 0.4) is 0 Å². The van der Waals surface area contributed by atoms with Gasteiger partial charge >= 0.3 is 0 Å². The minimum Gasteiger partial charge on any atom is -0.324 e. The number of nitrogens with zero attached hydrogens (tertiary/aromatic N) is 1. The summed E-state index contributed by atoms with van der Waals surface area (Å²) >= 11 is 0. The normalized spacial score (nSPS) is 19.8. The van der Waals surface area contributed by atoms with Gasteiger partial charge in [0.05, 0.1) is 11.3 Å². The number of anilines is 1. The van der Waals surface area contributed by atoms with Crippen molar-refractivity contribution in [2.75, 3.05) is 25.0 Å². The molecule has 128 valence electrons. The van der Waals surface area contributed by atoms with Gasteiger partial charge in [-0.3, -0.25) is 9.59 Å². The molecule has 0 radical (unpaired) electrons. The van der Waals surface area contributed by atoms with Gasteiger partial charge in [0, 0.05) is 19.6 Å². The van der Waals surface area contributed by atoms with E-state index in [1.807, 2.05) is 24.3 Å². The van der Waals surface area contributed by atoms with Crippen molar-refractivity contribution in [1.82, 2.24) is 10.2 Å². The van der Waals surface area contributed by atoms with E-state index in [-0.39, 0.29) is 11.8 Å². The third-order valence-corrected chi connectivity index (χ3v) is 5.23. The van der Waals surface area contributed by atoms with Crippen molar-refractivity contribution in [3.05, 3.63) is 53.1 Å². The highest BCUT2D eigenvalue weighted by atomic mass is 16.2. The average molecular weight is 335 g/mol. The number of carbonyl (C=O) groups is 2. The van der Waals surface area contributed by atoms with Crippen LogP contribution in [0.1, 0.15) is 21.5 Å². The third kappa shape index (κ3) is 2.61. The first-order chi connectivity index (χ1) is 12.1. The highest BCUT2D eigenvalue weighted by Gasteiger charge is 2.36. The summed E-state index contributed by atoms with van der Waals surface area (Å²) in [4.78, 5) is 27.2. The second-order valence-corrected chi connectivity index (χ2v) is 6.72. The van der Waals surface area contributed by atoms with Gasteiger partial charge in [-0.1, -0.05) is 24.3 Å². The monoisotopic (exact) mass is 335 g/mol. The molecule has 2 aliphatic heterocycles. The Bertz CT molecular complexity index is 875. The molecule has 2 amide bonds. The van der Waals surface area contributed by atoms with E-state index < -0.39 is 6.04 Å². The van der Waals surface area contributed by atoms with E-state index in [9.17, 15) is 9.59 Å². The lowest BCUT2D eigenvalue weighted by Gasteiger charge is -2.33. The first-order valence-corrected chi connectivity index (χ1v) is 8.59. The summed E-state index contributed by atoms with van der Waals surface area (Å²) in [5, 5.41) is 6.10. The van der Waals surface area contributed by atoms with Crippen LogP contribution in [0.15, 0.2) is 36.4 Å². The lowest BCUT2D eigenvalue weighted by molar-refractivity contribution is -0.120. The van der Waals surface area contributed by atoms with Crippen LogP contribution in [0, 0.1) is 13.8 Å². The number of nitrogens with one attached hydrogen (secondary N) is 2. The van der Waals surface area contributed by atoms with Gasteiger partial charge < -0.3 is 15.5 Å². The zero-order valence-electron chi connectivity index (χ0n) is 14.4. The molecule has 0 aliphatic carbocycles. The molecule has 0 saturated carbocycles. The summed E-state index contributed by atoms with van der Waals surface area (Å²) < 4.78 is 0. The molecule has 2 N–H and O–H groups in total. The van der Waals surface area contributed by atoms with Crippen LogP contribution in [0.25, 0.3) is 11.1 Å². The van der Waals surface area contributed by atoms with Gasteiger partial charge in [-0.05, 0) is 48.2 Å². The molecule has 2 heterocycles. The Morgan fingerprint density at radius 3 is 2.76 bits per heavy atom. The number of benzene rings is 2. The Hall–Kier alpha value is -2.66. The average Bonchev–Trinajstić information content (AvgIpc) is 2.73. The van der Waals surface area contributed by atoms with Gasteiger partial charge in [0.25, 0.3) is 5.91 Å². The van der Waals surface area contributed by atoms with Gasteiger partial charge in [0.15, 0.2) is 0 Å². The smallest absolute Gasteiger partial charge is 0.256 e. The van der Waals surface area contributed by atoms with Gasteiger partial charge in [0.2, 0.25) is 5.91 Å². The molecule has 5 heteroatoms. The lowest BCUT2D eigenvalue weighted by Crippen LogP contribution is -2.57. The Kier molecular flexibility index (Phi) is 3.81. The van der Waals surface area contributed by atoms with Crippen LogP contribution >= 0.6 is 0 Å². The number of carbonyl (C=O) groups excluding carboxylic acids is 2. The second kappa shape index (κ2) is 6.01. The molecule has 2 aromatic carbocycles. The SMILES string of the molecule is Cc1cccc(-c2ccc3c(c2)C(=O)N2CCNCC2C(=O)N3)c1C. The fourth-order valence-corrected chi connectivity index (χ4v) is 3.61. The molecule has 0 aromatic heterocycles. The number of hydrogen-bond acceptors (Lipinski definition) is 3. The number of aryl methyl sites for hydroxylation is 1. The molecule has 1 atom stereocenters. The molecule has 0 spiro atoms. The van der Waals surface area contributed by atoms with Gasteiger partial charge in [-0.25, -0.2) is 0 Å². The van der Waals surface area contributed by atoms with E-state index >= 15 is 0 Å². The molecule has 2 aliphatic rings. The zero-order chi connectivity index (χ0) is 17.6. The summed E-state index contributed by atoms with van der Waals surface area (Å²) in [7, 11) is 0. The molecule has 4 rings (SSSR count). The molecular formula is C20H21N3O2. The van der Waals surface area contributed by atoms with Crippen molar-refractivity contribution < 1.29 is 9.59 Å². The van der Waals surface area contributed by atoms with E-state index in [1.165, 1.54) is 11.1 Å². The van der Waals surface area contributed by atoms with Crippen molar-refractivity contribution in [2.24, 2.45) is 0 Å². The van der Waals surface area contributed by atoms with E-state index in [4.69, 9.17) is 0 Å². The van der Waals surface area contributed by atoms with Crippen LogP contribution in [0.5, 0.6) is 0 Å². The van der Waals surface area contributed by atoms with E-state index in [2.05, 4.69) is 36.6 Å². The molecular weight excluding hydrogens is 314 g/mol. The summed E-state index contributed by atoms with van der Waals surface area (Å²) in [6.07, 6.45) is 0. The minimum atomic E-state index is -0.446. The predicted molar refractivity (Wildman–Crippen MR) is 97.7 cm³/mol. The summed E-state index contributed by atoms with van der Waals surface area (Å²) in [5.41, 5.74) is 5.69. The fourth-order valence-electron chi connectivity index (χ4n) is 3.61. The van der Waals surface area contributed by atoms with Gasteiger partial charge in [0.1, 0.15) is 6.04 Å². The molecule has 5 nitrogen and oxygen atoms in total. The van der Waals surface area contributed by atoms with E-state index in [0.29, 0.717) is 30.9 Å². The maximum absolute atomic E-state index is 13.1. The molecule has 0 bridgehead atoms. The van der Waals surface area contributed by atoms with Crippen molar-refractivity contribution in [3.63, 3.8) is 0 Å². The van der Waals surface area contributed by atoms with E-state index in [0.717, 1.165) is 11.1 Å². The standard InChI is InChI=1S/C20H21N3O2/c1-12-4-3-5-15(13(12)2)14-6-7-17-16(10-14)20(25)23-9-8-21-11-18(23)19(24)22-17/h3-7,10,18,21H,8-9,11H2,1-2H3,(H,22,24). The van der Waals surface area contributed by atoms with Crippen LogP contribution in [0.4, 0.5) is 5.69 Å². The van der Waals surface area contributed by atoms with Gasteiger partial charge in [-0.15, -0.1) is 0 Å². The van der Waals surface area contributed by atoms with Crippen LogP contribution in [-0.4, -0.2) is 42.4 Å². The van der Waals surface area contributed by atoms with Crippen LogP contribution in [-0.2, 0) is 4.79 Å². The second-order valence-electron chi connectivity index (χ2n) is 6.72. The number of hydrogen-bond donors (Lipinski definition) is 2. The van der Waals surface area contributed by atoms with Crippen molar-refractivity contribution >= 4 is 17.5 Å². The summed E-state index contributed by atoms with van der Waals surface area (Å²) in [6.45, 7) is 5.92. The lowest BCUT2D eigenvalue weighted by atomic mass is 9.95. The van der Waals surface area contributed by atoms with Crippen LogP contribution < -0.4 is 10.6 Å². The van der Waals surface area contributed by atoms with Crippen molar-refractivity contribution in [2.45, 2.75) is 19.9 Å². The Labute approximate surface area is 147 Å². The summed E-state index contributed by atoms with van der Waals surface area (Å²) in [5.74, 6) is -0.203. The minimum absolute atomic E-state index is 0.0768. The highest BCUT2D eigenvalue weighted by molar-refractivity contribution is 6.10. The Balaban J connectivity index is 1.81. The molecule has 1 saturated heterocycles. The maximum Gasteiger partial charge on any atom is 0.256 e. The zero-order valence-corrected chi connectivity index (χ0v) is 14.4. The number of fused-ring (bicyclic) bond motifs is 2. The van der Waals surface area contributed by atoms with Crippen molar-refractivity contribution in [3.8, 4) is 11.1 Å². The molecule has 25 heavy (non-hydrogen) atoms. The molecule has 1 unspecified atom stereocenters. The first kappa shape index (κ1) is 15.8. The van der Waals surface area contributed by atoms with E-state index in [1.54, 1.807) is 4.90 Å². The Morgan fingerprint density at radius 1 is 1.08 bits per heavy atom. The largest absolute Gasteiger partial charge is 0.324 e. The highest BCUT2D eigenvalue weighted by Crippen LogP contribution is 2.31. The Morgan fingerprint density at radius 2 is 1.92 bits per heavy atom. The number of amides is 2. The quantitative estimate of drug-likeness (QED) is 0.841. The fraction of sp³-hybridized carbons (Fsp3) is 0.300. The predicted octanol–water partition coefficient (Wildman–Crippen LogP) is 2.34. The van der Waals surface area contributed by atoms with Gasteiger partial charge in [-0.2, -0.15) is 0 Å². The molecule has 2 aromatic rings. The number of piperazine rings is 1. The third-order valence-electron chi connectivity index (χ3n) is 5.23. The topological polar surface area (TPSA) is 61.4 Å². The summed E-state index contributed by atoms with van der Waals surface area (Å²) in [6, 6.07) is 11.4. The first-order valence-electron chi connectivity index (χ1n) is 8.59. The number of rotatable bonds is 1. The maximum atomic E-state index is 13.1. The molecule has 1 fully saturated rings. The van der Waals surface area contributed by atoms with Crippen LogP contribution in [0.2, 0.25) is 0 Å². The van der Waals surface area contributed by atoms with Crippen molar-refractivity contribution in [1.29, 1.82) is 0 Å².